The lowest BCUT2D eigenvalue weighted by atomic mass is 9.79. The highest BCUT2D eigenvalue weighted by Gasteiger charge is 2.28. The molecule has 7 aromatic rings. The highest BCUT2D eigenvalue weighted by Crippen LogP contribution is 2.44. The molecule has 2 fully saturated rings. The van der Waals surface area contributed by atoms with Crippen LogP contribution in [0.1, 0.15) is 102 Å². The van der Waals surface area contributed by atoms with Crippen LogP contribution in [-0.2, 0) is 0 Å². The molecule has 2 aliphatic rings. The summed E-state index contributed by atoms with van der Waals surface area (Å²) in [5.74, 6) is -5.90. The van der Waals surface area contributed by atoms with Crippen LogP contribution in [0.3, 0.4) is 0 Å². The molecule has 7 aromatic carbocycles. The van der Waals surface area contributed by atoms with E-state index >= 15 is 17.6 Å². The van der Waals surface area contributed by atoms with Gasteiger partial charge in [-0.2, -0.15) is 0 Å². The average Bonchev–Trinajstić information content (AvgIpc) is 3.22. The second kappa shape index (κ2) is 14.6. The van der Waals surface area contributed by atoms with Crippen LogP contribution in [-0.4, -0.2) is 11.9 Å². The Bertz CT molecular complexity index is 2670. The third-order valence-electron chi connectivity index (χ3n) is 12.6. The molecule has 0 bridgehead atoms. The zero-order valence-corrected chi connectivity index (χ0v) is 31.5. The zero-order valence-electron chi connectivity index (χ0n) is 31.5. The lowest BCUT2D eigenvalue weighted by Crippen LogP contribution is -2.14. The molecule has 0 spiro atoms. The van der Waals surface area contributed by atoms with Crippen LogP contribution >= 0.6 is 0 Å². The molecular formula is C49H40F4O4. The number of ether oxygens (including phenoxy) is 2. The number of benzene rings is 7. The normalized spacial score (nSPS) is 20.0. The summed E-state index contributed by atoms with van der Waals surface area (Å²) in [7, 11) is 0. The molecule has 57 heavy (non-hydrogen) atoms. The maximum Gasteiger partial charge on any atom is 0.344 e. The van der Waals surface area contributed by atoms with Crippen LogP contribution in [0.15, 0.2) is 97.6 Å². The quantitative estimate of drug-likeness (QED) is 0.0405. The van der Waals surface area contributed by atoms with Crippen molar-refractivity contribution in [2.24, 2.45) is 11.8 Å². The first-order valence-electron chi connectivity index (χ1n) is 19.8. The van der Waals surface area contributed by atoms with Crippen molar-refractivity contribution in [3.05, 3.63) is 143 Å². The molecule has 9 rings (SSSR count). The van der Waals surface area contributed by atoms with E-state index in [0.29, 0.717) is 33.7 Å². The van der Waals surface area contributed by atoms with Crippen molar-refractivity contribution in [3.8, 4) is 11.5 Å². The molecule has 0 aromatic heterocycles. The molecule has 0 unspecified atom stereocenters. The highest BCUT2D eigenvalue weighted by atomic mass is 19.1. The first-order valence-corrected chi connectivity index (χ1v) is 19.8. The molecule has 2 saturated carbocycles. The number of carbonyl (C=O) groups excluding carboxylic acids is 2. The Balaban J connectivity index is 1.04. The number of rotatable bonds is 7. The van der Waals surface area contributed by atoms with Crippen molar-refractivity contribution in [1.29, 1.82) is 0 Å². The molecule has 0 atom stereocenters. The summed E-state index contributed by atoms with van der Waals surface area (Å²) in [6, 6.07) is 22.6. The lowest BCUT2D eigenvalue weighted by Gasteiger charge is -2.27. The Morgan fingerprint density at radius 3 is 1.32 bits per heavy atom. The van der Waals surface area contributed by atoms with Gasteiger partial charge in [-0.05, 0) is 153 Å². The number of esters is 2. The van der Waals surface area contributed by atoms with Crippen LogP contribution in [0, 0.1) is 35.1 Å². The minimum Gasteiger partial charge on any atom is -0.417 e. The zero-order chi connectivity index (χ0) is 39.5. The van der Waals surface area contributed by atoms with Gasteiger partial charge < -0.3 is 9.47 Å². The van der Waals surface area contributed by atoms with Gasteiger partial charge in [0.1, 0.15) is 0 Å². The highest BCUT2D eigenvalue weighted by molar-refractivity contribution is 6.35. The molecule has 0 N–H and O–H groups in total. The maximum atomic E-state index is 15.4. The molecule has 0 heterocycles. The van der Waals surface area contributed by atoms with Gasteiger partial charge in [0.2, 0.25) is 11.5 Å². The van der Waals surface area contributed by atoms with Crippen LogP contribution in [0.25, 0.3) is 43.1 Å². The molecule has 4 nitrogen and oxygen atoms in total. The van der Waals surface area contributed by atoms with Gasteiger partial charge in [0.15, 0.2) is 23.3 Å². The minimum absolute atomic E-state index is 0.0164. The number of fused-ring (bicyclic) bond motifs is 2. The molecular weight excluding hydrogens is 729 g/mol. The smallest absolute Gasteiger partial charge is 0.344 e. The van der Waals surface area contributed by atoms with Crippen molar-refractivity contribution in [1.82, 2.24) is 0 Å². The Labute approximate surface area is 327 Å². The average molecular weight is 769 g/mol. The van der Waals surface area contributed by atoms with Gasteiger partial charge in [-0.25, -0.2) is 27.2 Å². The van der Waals surface area contributed by atoms with Crippen molar-refractivity contribution < 1.29 is 36.6 Å². The number of carbonyl (C=O) groups is 2. The van der Waals surface area contributed by atoms with E-state index < -0.39 is 46.7 Å². The Morgan fingerprint density at radius 1 is 0.544 bits per heavy atom. The third kappa shape index (κ3) is 6.49. The molecule has 288 valence electrons. The third-order valence-corrected chi connectivity index (χ3v) is 12.6. The summed E-state index contributed by atoms with van der Waals surface area (Å²) in [5, 5.41) is 5.56. The van der Waals surface area contributed by atoms with Crippen molar-refractivity contribution >= 4 is 55.0 Å². The molecule has 0 radical (unpaired) electrons. The van der Waals surface area contributed by atoms with E-state index in [4.69, 9.17) is 9.47 Å². The van der Waals surface area contributed by atoms with Crippen molar-refractivity contribution in [3.63, 3.8) is 0 Å². The second-order valence-corrected chi connectivity index (χ2v) is 16.0. The summed E-state index contributed by atoms with van der Waals surface area (Å²) in [6.45, 7) is 6.05. The topological polar surface area (TPSA) is 52.6 Å². The summed E-state index contributed by atoms with van der Waals surface area (Å²) in [4.78, 5) is 27.4. The first-order chi connectivity index (χ1) is 27.6. The van der Waals surface area contributed by atoms with Crippen molar-refractivity contribution in [2.45, 2.75) is 70.1 Å². The second-order valence-electron chi connectivity index (χ2n) is 16.0. The minimum atomic E-state index is -0.932. The van der Waals surface area contributed by atoms with Gasteiger partial charge in [0.25, 0.3) is 0 Å². The predicted octanol–water partition coefficient (Wildman–Crippen LogP) is 13.5. The monoisotopic (exact) mass is 768 g/mol. The van der Waals surface area contributed by atoms with E-state index in [-0.39, 0.29) is 23.0 Å². The largest absolute Gasteiger partial charge is 0.417 e. The van der Waals surface area contributed by atoms with Crippen LogP contribution in [0.5, 0.6) is 11.5 Å². The summed E-state index contributed by atoms with van der Waals surface area (Å²) in [6.07, 6.45) is 9.05. The van der Waals surface area contributed by atoms with E-state index in [0.717, 1.165) is 83.7 Å². The van der Waals surface area contributed by atoms with Gasteiger partial charge in [0, 0.05) is 0 Å². The summed E-state index contributed by atoms with van der Waals surface area (Å²) >= 11 is 0. The van der Waals surface area contributed by atoms with Crippen LogP contribution in [0.2, 0.25) is 0 Å². The standard InChI is InChI=1S/C49H40F4O4/c1-3-27-12-16-29(17-13-27)31-24-42(52)47(43(53)25-31)57-49(55)39-21-19-37-32-6-4-8-34-38(20-18-36(44(32)34)33-7-5-9-35(39)45(33)37)48(54)56-46-40(50)22-30(23-41(46)51)28-14-10-26(2)11-15-28/h3-9,18-29H,1,10-17H2,2H3/t26-,27-,28-,29-. The SMILES string of the molecule is C=C[C@H]1CC[C@H](c2cc(F)c(OC(=O)c3ccc4c5cccc6c(C(=O)Oc7c(F)cc([C@H]8CC[C@H](C)CC8)cc7F)ccc(c7cccc3c74)c65)c(F)c2)CC1. The fourth-order valence-corrected chi connectivity index (χ4v) is 9.47. The van der Waals surface area contributed by atoms with Gasteiger partial charge in [-0.1, -0.05) is 74.4 Å². The lowest BCUT2D eigenvalue weighted by molar-refractivity contribution is 0.0713. The molecule has 0 aliphatic heterocycles. The van der Waals surface area contributed by atoms with E-state index in [2.05, 4.69) is 13.5 Å². The Hall–Kier alpha value is -5.76. The number of halogens is 4. The van der Waals surface area contributed by atoms with Gasteiger partial charge in [0.05, 0.1) is 11.1 Å². The van der Waals surface area contributed by atoms with Gasteiger partial charge >= 0.3 is 11.9 Å². The van der Waals surface area contributed by atoms with E-state index in [1.165, 1.54) is 24.3 Å². The van der Waals surface area contributed by atoms with Crippen LogP contribution < -0.4 is 9.47 Å². The van der Waals surface area contributed by atoms with Crippen molar-refractivity contribution in [2.75, 3.05) is 0 Å². The molecule has 2 aliphatic carbocycles. The fraction of sp³-hybridized carbons (Fsp3) is 0.265. The first kappa shape index (κ1) is 36.9. The van der Waals surface area contributed by atoms with Gasteiger partial charge in [-0.3, -0.25) is 0 Å². The van der Waals surface area contributed by atoms with E-state index in [1.54, 1.807) is 48.5 Å². The number of hydrogen-bond donors (Lipinski definition) is 0. The molecule has 0 saturated heterocycles. The van der Waals surface area contributed by atoms with Crippen LogP contribution in [0.4, 0.5) is 17.6 Å². The Kier molecular flexibility index (Phi) is 9.46. The van der Waals surface area contributed by atoms with E-state index in [1.807, 2.05) is 18.2 Å². The molecule has 8 heteroatoms. The number of hydrogen-bond acceptors (Lipinski definition) is 4. The Morgan fingerprint density at radius 2 is 0.912 bits per heavy atom. The van der Waals surface area contributed by atoms with Gasteiger partial charge in [-0.15, -0.1) is 6.58 Å². The molecule has 0 amide bonds. The number of allylic oxidation sites excluding steroid dienone is 1. The summed E-state index contributed by atoms with van der Waals surface area (Å²) in [5.41, 5.74) is 1.39. The van der Waals surface area contributed by atoms with E-state index in [9.17, 15) is 9.59 Å². The fourth-order valence-electron chi connectivity index (χ4n) is 9.47. The summed E-state index contributed by atoms with van der Waals surface area (Å²) < 4.78 is 72.5. The predicted molar refractivity (Wildman–Crippen MR) is 216 cm³/mol. The maximum absolute atomic E-state index is 15.4.